The van der Waals surface area contributed by atoms with Crippen molar-refractivity contribution in [3.8, 4) is 5.75 Å². The highest BCUT2D eigenvalue weighted by Gasteiger charge is 2.34. The van der Waals surface area contributed by atoms with Crippen molar-refractivity contribution >= 4 is 45.5 Å². The molecule has 156 valence electrons. The number of nitrogens with one attached hydrogen (secondary N) is 2. The second-order valence-electron chi connectivity index (χ2n) is 7.91. The summed E-state index contributed by atoms with van der Waals surface area (Å²) in [6, 6.07) is 16.0. The molecule has 3 aromatic rings. The van der Waals surface area contributed by atoms with Crippen LogP contribution in [0.5, 0.6) is 5.75 Å². The molecule has 0 radical (unpaired) electrons. The monoisotopic (exact) mass is 439 g/mol. The SMILES string of the molecule is COc1ccc(NC(=S)NC2(CCc3ccc(Cl)cc3)CCCC2)c2cccnc12. The van der Waals surface area contributed by atoms with Gasteiger partial charge >= 0.3 is 0 Å². The molecule has 0 aliphatic heterocycles. The van der Waals surface area contributed by atoms with Crippen LogP contribution in [0, 0.1) is 0 Å². The highest BCUT2D eigenvalue weighted by Crippen LogP contribution is 2.35. The number of thiocarbonyl (C=S) groups is 1. The lowest BCUT2D eigenvalue weighted by atomic mass is 9.89. The van der Waals surface area contributed by atoms with Crippen LogP contribution in [-0.4, -0.2) is 22.7 Å². The standard InChI is InChI=1S/C24H26ClN3OS/c1-29-21-11-10-20(19-5-4-16-26-22(19)21)27-23(30)28-24(13-2-3-14-24)15-12-17-6-8-18(25)9-7-17/h4-11,16H,2-3,12-15H2,1H3,(H2,27,28,30). The average Bonchev–Trinajstić information content (AvgIpc) is 3.22. The number of hydrogen-bond acceptors (Lipinski definition) is 3. The van der Waals surface area contributed by atoms with Crippen LogP contribution >= 0.6 is 23.8 Å². The zero-order chi connectivity index (χ0) is 21.0. The number of nitrogens with zero attached hydrogens (tertiary/aromatic N) is 1. The summed E-state index contributed by atoms with van der Waals surface area (Å²) in [5.41, 5.74) is 3.09. The first-order valence-corrected chi connectivity index (χ1v) is 11.1. The third-order valence-electron chi connectivity index (χ3n) is 5.95. The zero-order valence-corrected chi connectivity index (χ0v) is 18.7. The van der Waals surface area contributed by atoms with Gasteiger partial charge in [0.15, 0.2) is 5.11 Å². The predicted molar refractivity (Wildman–Crippen MR) is 129 cm³/mol. The van der Waals surface area contributed by atoms with E-state index >= 15 is 0 Å². The van der Waals surface area contributed by atoms with Crippen LogP contribution in [0.1, 0.15) is 37.7 Å². The first kappa shape index (κ1) is 20.9. The number of pyridine rings is 1. The largest absolute Gasteiger partial charge is 0.494 e. The third kappa shape index (κ3) is 4.68. The molecule has 6 heteroatoms. The Morgan fingerprint density at radius 1 is 1.13 bits per heavy atom. The highest BCUT2D eigenvalue weighted by molar-refractivity contribution is 7.80. The Balaban J connectivity index is 1.47. The summed E-state index contributed by atoms with van der Waals surface area (Å²) in [4.78, 5) is 4.47. The number of aryl methyl sites for hydroxylation is 1. The van der Waals surface area contributed by atoms with Gasteiger partial charge in [-0.2, -0.15) is 0 Å². The molecule has 1 heterocycles. The molecule has 4 nitrogen and oxygen atoms in total. The number of hydrogen-bond donors (Lipinski definition) is 2. The van der Waals surface area contributed by atoms with Crippen molar-refractivity contribution in [3.05, 3.63) is 65.3 Å². The summed E-state index contributed by atoms with van der Waals surface area (Å²) in [5.74, 6) is 0.755. The fraction of sp³-hybridized carbons (Fsp3) is 0.333. The van der Waals surface area contributed by atoms with Crippen LogP contribution in [-0.2, 0) is 6.42 Å². The van der Waals surface area contributed by atoms with E-state index in [2.05, 4.69) is 27.8 Å². The maximum Gasteiger partial charge on any atom is 0.171 e. The summed E-state index contributed by atoms with van der Waals surface area (Å²) < 4.78 is 5.45. The van der Waals surface area contributed by atoms with Gasteiger partial charge in [-0.25, -0.2) is 0 Å². The van der Waals surface area contributed by atoms with E-state index < -0.39 is 0 Å². The summed E-state index contributed by atoms with van der Waals surface area (Å²) in [5, 5.41) is 9.48. The van der Waals surface area contributed by atoms with Crippen LogP contribution in [0.25, 0.3) is 10.9 Å². The summed E-state index contributed by atoms with van der Waals surface area (Å²) in [6.45, 7) is 0. The molecular weight excluding hydrogens is 414 g/mol. The van der Waals surface area contributed by atoms with Gasteiger partial charge in [0.2, 0.25) is 0 Å². The summed E-state index contributed by atoms with van der Waals surface area (Å²) in [7, 11) is 1.66. The second-order valence-corrected chi connectivity index (χ2v) is 8.75. The molecule has 0 spiro atoms. The van der Waals surface area contributed by atoms with E-state index in [4.69, 9.17) is 28.6 Å². The number of anilines is 1. The molecule has 0 unspecified atom stereocenters. The molecule has 1 saturated carbocycles. The molecule has 0 amide bonds. The Labute approximate surface area is 188 Å². The molecule has 0 atom stereocenters. The van der Waals surface area contributed by atoms with Crippen LogP contribution in [0.4, 0.5) is 5.69 Å². The Kier molecular flexibility index (Phi) is 6.40. The number of aromatic nitrogens is 1. The highest BCUT2D eigenvalue weighted by atomic mass is 35.5. The van der Waals surface area contributed by atoms with Crippen molar-refractivity contribution in [1.82, 2.24) is 10.3 Å². The maximum absolute atomic E-state index is 6.02. The number of methoxy groups -OCH3 is 1. The molecule has 0 saturated heterocycles. The quantitative estimate of drug-likeness (QED) is 0.452. The van der Waals surface area contributed by atoms with Crippen molar-refractivity contribution in [2.75, 3.05) is 12.4 Å². The zero-order valence-electron chi connectivity index (χ0n) is 17.1. The number of ether oxygens (including phenoxy) is 1. The Morgan fingerprint density at radius 3 is 2.63 bits per heavy atom. The minimum atomic E-state index is 0.0320. The molecule has 1 aliphatic rings. The predicted octanol–water partition coefficient (Wildman–Crippen LogP) is 6.13. The maximum atomic E-state index is 6.02. The Hall–Kier alpha value is -2.37. The van der Waals surface area contributed by atoms with Crippen molar-refractivity contribution < 1.29 is 4.74 Å². The minimum absolute atomic E-state index is 0.0320. The van der Waals surface area contributed by atoms with E-state index in [1.807, 2.05) is 36.4 Å². The average molecular weight is 440 g/mol. The summed E-state index contributed by atoms with van der Waals surface area (Å²) >= 11 is 11.7. The van der Waals surface area contributed by atoms with Crippen LogP contribution < -0.4 is 15.4 Å². The lowest BCUT2D eigenvalue weighted by molar-refractivity contribution is 0.362. The smallest absolute Gasteiger partial charge is 0.171 e. The third-order valence-corrected chi connectivity index (χ3v) is 6.40. The minimum Gasteiger partial charge on any atom is -0.494 e. The fourth-order valence-corrected chi connectivity index (χ4v) is 4.79. The Morgan fingerprint density at radius 2 is 1.90 bits per heavy atom. The number of halogens is 1. The van der Waals surface area contributed by atoms with E-state index in [1.54, 1.807) is 13.3 Å². The summed E-state index contributed by atoms with van der Waals surface area (Å²) in [6.07, 6.45) is 8.54. The first-order chi connectivity index (χ1) is 14.6. The van der Waals surface area contributed by atoms with Crippen molar-refractivity contribution in [2.45, 2.75) is 44.1 Å². The van der Waals surface area contributed by atoms with Gasteiger partial charge in [-0.3, -0.25) is 4.98 Å². The molecule has 2 aromatic carbocycles. The molecule has 1 aliphatic carbocycles. The number of rotatable bonds is 6. The van der Waals surface area contributed by atoms with Gasteiger partial charge in [-0.05, 0) is 79.9 Å². The van der Waals surface area contributed by atoms with Crippen LogP contribution in [0.2, 0.25) is 5.02 Å². The molecule has 2 N–H and O–H groups in total. The van der Waals surface area contributed by atoms with E-state index in [0.717, 1.165) is 53.0 Å². The number of fused-ring (bicyclic) bond motifs is 1. The van der Waals surface area contributed by atoms with Gasteiger partial charge in [0.25, 0.3) is 0 Å². The second kappa shape index (κ2) is 9.19. The number of benzene rings is 2. The van der Waals surface area contributed by atoms with Gasteiger partial charge in [0.05, 0.1) is 7.11 Å². The van der Waals surface area contributed by atoms with E-state index in [-0.39, 0.29) is 5.54 Å². The van der Waals surface area contributed by atoms with Crippen LogP contribution in [0.15, 0.2) is 54.7 Å². The normalized spacial score (nSPS) is 15.1. The molecule has 30 heavy (non-hydrogen) atoms. The van der Waals surface area contributed by atoms with E-state index in [1.165, 1.54) is 18.4 Å². The first-order valence-electron chi connectivity index (χ1n) is 10.3. The fourth-order valence-electron chi connectivity index (χ4n) is 4.34. The molecular formula is C24H26ClN3OS. The van der Waals surface area contributed by atoms with Crippen molar-refractivity contribution in [3.63, 3.8) is 0 Å². The molecule has 0 bridgehead atoms. The topological polar surface area (TPSA) is 46.2 Å². The van der Waals surface area contributed by atoms with Crippen molar-refractivity contribution in [1.29, 1.82) is 0 Å². The van der Waals surface area contributed by atoms with Gasteiger partial charge in [-0.1, -0.05) is 36.6 Å². The van der Waals surface area contributed by atoms with E-state index in [0.29, 0.717) is 5.11 Å². The lowest BCUT2D eigenvalue weighted by Gasteiger charge is -2.32. The van der Waals surface area contributed by atoms with E-state index in [9.17, 15) is 0 Å². The molecule has 1 fully saturated rings. The van der Waals surface area contributed by atoms with Gasteiger partial charge in [0.1, 0.15) is 11.3 Å². The molecule has 4 rings (SSSR count). The lowest BCUT2D eigenvalue weighted by Crippen LogP contribution is -2.48. The van der Waals surface area contributed by atoms with Gasteiger partial charge in [-0.15, -0.1) is 0 Å². The van der Waals surface area contributed by atoms with Crippen LogP contribution in [0.3, 0.4) is 0 Å². The van der Waals surface area contributed by atoms with Gasteiger partial charge < -0.3 is 15.4 Å². The van der Waals surface area contributed by atoms with Gasteiger partial charge in [0, 0.05) is 27.8 Å². The van der Waals surface area contributed by atoms with Crippen molar-refractivity contribution in [2.24, 2.45) is 0 Å². The molecule has 1 aromatic heterocycles. The Bertz CT molecular complexity index is 1030.